The highest BCUT2D eigenvalue weighted by Crippen LogP contribution is 2.60. The molecule has 0 radical (unpaired) electrons. The fourth-order valence-corrected chi connectivity index (χ4v) is 5.18. The maximum absolute atomic E-state index is 12.4. The average molecular weight is 399 g/mol. The van der Waals surface area contributed by atoms with E-state index >= 15 is 0 Å². The van der Waals surface area contributed by atoms with Gasteiger partial charge >= 0.3 is 11.9 Å². The average Bonchev–Trinajstić information content (AvgIpc) is 3.24. The predicted molar refractivity (Wildman–Crippen MR) is 82.0 cm³/mol. The zero-order valence-electron chi connectivity index (χ0n) is 12.7. The van der Waals surface area contributed by atoms with E-state index in [0.717, 1.165) is 6.42 Å². The van der Waals surface area contributed by atoms with Crippen LogP contribution in [-0.2, 0) is 23.9 Å². The third-order valence-corrected chi connectivity index (χ3v) is 6.24. The van der Waals surface area contributed by atoms with Gasteiger partial charge in [0.2, 0.25) is 0 Å². The number of esters is 2. The van der Waals surface area contributed by atoms with Crippen molar-refractivity contribution in [3.05, 3.63) is 11.8 Å². The summed E-state index contributed by atoms with van der Waals surface area (Å²) in [6.45, 7) is 1.26. The van der Waals surface area contributed by atoms with Crippen molar-refractivity contribution in [2.75, 3.05) is 11.9 Å². The Balaban J connectivity index is 1.37. The maximum Gasteiger partial charge on any atom is 0.310 e. The molecule has 4 rings (SSSR count). The molecular formula is C15H15BrN2O6. The summed E-state index contributed by atoms with van der Waals surface area (Å²) in [7, 11) is 0. The van der Waals surface area contributed by atoms with Gasteiger partial charge in [0.05, 0.1) is 16.7 Å². The zero-order chi connectivity index (χ0) is 17.0. The van der Waals surface area contributed by atoms with Gasteiger partial charge in [-0.25, -0.2) is 0 Å². The summed E-state index contributed by atoms with van der Waals surface area (Å²) in [6, 6.07) is 1.56. The molecule has 0 unspecified atom stereocenters. The second-order valence-corrected chi connectivity index (χ2v) is 7.50. The van der Waals surface area contributed by atoms with E-state index in [1.165, 1.54) is 0 Å². The van der Waals surface area contributed by atoms with Crippen molar-refractivity contribution in [1.82, 2.24) is 5.16 Å². The number of fused-ring (bicyclic) bond motifs is 1. The van der Waals surface area contributed by atoms with E-state index in [2.05, 4.69) is 26.4 Å². The van der Waals surface area contributed by atoms with E-state index in [0.29, 0.717) is 5.76 Å². The monoisotopic (exact) mass is 398 g/mol. The van der Waals surface area contributed by atoms with Crippen molar-refractivity contribution in [3.8, 4) is 0 Å². The van der Waals surface area contributed by atoms with Crippen LogP contribution in [0, 0.1) is 30.6 Å². The van der Waals surface area contributed by atoms with Crippen LogP contribution >= 0.6 is 15.9 Å². The summed E-state index contributed by atoms with van der Waals surface area (Å²) in [5, 5.41) is 6.10. The van der Waals surface area contributed by atoms with E-state index in [4.69, 9.17) is 14.0 Å². The van der Waals surface area contributed by atoms with Gasteiger partial charge < -0.3 is 19.3 Å². The molecule has 1 saturated heterocycles. The minimum atomic E-state index is -0.548. The lowest BCUT2D eigenvalue weighted by Gasteiger charge is -2.26. The number of hydrogen-bond donors (Lipinski definition) is 1. The first-order chi connectivity index (χ1) is 11.5. The number of hydrogen-bond acceptors (Lipinski definition) is 7. The largest absolute Gasteiger partial charge is 0.461 e. The fourth-order valence-electron chi connectivity index (χ4n) is 4.13. The highest BCUT2D eigenvalue weighted by molar-refractivity contribution is 9.09. The second kappa shape index (κ2) is 5.58. The van der Waals surface area contributed by atoms with Crippen molar-refractivity contribution in [2.45, 2.75) is 24.3 Å². The number of nitrogens with zero attached hydrogens (tertiary/aromatic N) is 1. The molecule has 2 heterocycles. The molecule has 8 nitrogen and oxygen atoms in total. The lowest BCUT2D eigenvalue weighted by molar-refractivity contribution is -0.157. The van der Waals surface area contributed by atoms with Crippen LogP contribution in [-0.4, -0.2) is 40.5 Å². The van der Waals surface area contributed by atoms with Crippen LogP contribution in [0.1, 0.15) is 12.2 Å². The van der Waals surface area contributed by atoms with Gasteiger partial charge in [-0.3, -0.25) is 14.4 Å². The third-order valence-electron chi connectivity index (χ3n) is 5.04. The summed E-state index contributed by atoms with van der Waals surface area (Å²) < 4.78 is 15.3. The van der Waals surface area contributed by atoms with Crippen LogP contribution in [0.2, 0.25) is 0 Å². The lowest BCUT2D eigenvalue weighted by atomic mass is 9.80. The first-order valence-corrected chi connectivity index (χ1v) is 8.61. The van der Waals surface area contributed by atoms with Gasteiger partial charge in [-0.15, -0.1) is 0 Å². The second-order valence-electron chi connectivity index (χ2n) is 6.44. The molecule has 1 aromatic heterocycles. The Morgan fingerprint density at radius 1 is 1.46 bits per heavy atom. The molecule has 1 amide bonds. The molecule has 128 valence electrons. The van der Waals surface area contributed by atoms with E-state index in [-0.39, 0.29) is 34.6 Å². The quantitative estimate of drug-likeness (QED) is 0.595. The Labute approximate surface area is 145 Å². The molecule has 1 N–H and O–H groups in total. The molecule has 0 aromatic carbocycles. The van der Waals surface area contributed by atoms with Gasteiger partial charge in [0.1, 0.15) is 11.9 Å². The third kappa shape index (κ3) is 2.33. The SMILES string of the molecule is Cc1cc(NC(=O)COC(=O)[C@@H]2[C@H]3C[C@H]4[C@H](OC(=O)[C@@H]42)[C@H]3Br)no1. The van der Waals surface area contributed by atoms with E-state index in [1.54, 1.807) is 13.0 Å². The number of anilines is 1. The fraction of sp³-hybridized carbons (Fsp3) is 0.600. The number of aryl methyl sites for hydroxylation is 1. The number of alkyl halides is 1. The van der Waals surface area contributed by atoms with E-state index in [1.807, 2.05) is 0 Å². The van der Waals surface area contributed by atoms with Gasteiger partial charge in [0, 0.05) is 12.0 Å². The number of carbonyl (C=O) groups excluding carboxylic acids is 3. The molecule has 2 saturated carbocycles. The Morgan fingerprint density at radius 3 is 2.96 bits per heavy atom. The molecule has 0 spiro atoms. The van der Waals surface area contributed by atoms with Gasteiger partial charge in [0.15, 0.2) is 12.4 Å². The van der Waals surface area contributed by atoms with Gasteiger partial charge in [-0.1, -0.05) is 21.1 Å². The lowest BCUT2D eigenvalue weighted by Crippen LogP contribution is -2.39. The van der Waals surface area contributed by atoms with Gasteiger partial charge in [-0.05, 0) is 19.3 Å². The topological polar surface area (TPSA) is 108 Å². The van der Waals surface area contributed by atoms with Crippen LogP contribution in [0.3, 0.4) is 0 Å². The van der Waals surface area contributed by atoms with Crippen LogP contribution in [0.15, 0.2) is 10.6 Å². The van der Waals surface area contributed by atoms with Gasteiger partial charge in [0.25, 0.3) is 5.91 Å². The van der Waals surface area contributed by atoms with Crippen molar-refractivity contribution in [2.24, 2.45) is 23.7 Å². The van der Waals surface area contributed by atoms with E-state index in [9.17, 15) is 14.4 Å². The number of amides is 1. The summed E-state index contributed by atoms with van der Waals surface area (Å²) in [6.07, 6.45) is 0.622. The van der Waals surface area contributed by atoms with E-state index < -0.39 is 30.3 Å². The minimum Gasteiger partial charge on any atom is -0.461 e. The Morgan fingerprint density at radius 2 is 2.25 bits per heavy atom. The minimum absolute atomic E-state index is 0.00482. The van der Waals surface area contributed by atoms with Gasteiger partial charge in [-0.2, -0.15) is 0 Å². The Hall–Kier alpha value is -1.90. The number of nitrogens with one attached hydrogen (secondary N) is 1. The summed E-state index contributed by atoms with van der Waals surface area (Å²) >= 11 is 3.53. The predicted octanol–water partition coefficient (Wildman–Crippen LogP) is 1.04. The Bertz CT molecular complexity index is 719. The highest BCUT2D eigenvalue weighted by atomic mass is 79.9. The summed E-state index contributed by atoms with van der Waals surface area (Å²) in [4.78, 5) is 36.2. The number of aromatic nitrogens is 1. The van der Waals surface area contributed by atoms with Crippen molar-refractivity contribution in [1.29, 1.82) is 0 Å². The molecule has 3 fully saturated rings. The molecule has 24 heavy (non-hydrogen) atoms. The number of rotatable bonds is 4. The zero-order valence-corrected chi connectivity index (χ0v) is 14.3. The maximum atomic E-state index is 12.4. The Kier molecular flexibility index (Phi) is 3.63. The van der Waals surface area contributed by atoms with Crippen LogP contribution in [0.4, 0.5) is 5.82 Å². The first kappa shape index (κ1) is 15.6. The van der Waals surface area contributed by atoms with Crippen LogP contribution in [0.25, 0.3) is 0 Å². The van der Waals surface area contributed by atoms with Crippen molar-refractivity contribution >= 4 is 39.6 Å². The molecule has 2 bridgehead atoms. The number of carbonyl (C=O) groups is 3. The van der Waals surface area contributed by atoms with Crippen molar-refractivity contribution in [3.63, 3.8) is 0 Å². The van der Waals surface area contributed by atoms with Crippen LogP contribution in [0.5, 0.6) is 0 Å². The number of halogens is 1. The molecule has 1 aliphatic heterocycles. The summed E-state index contributed by atoms with van der Waals surface area (Å²) in [5.41, 5.74) is 0. The standard InChI is InChI=1S/C15H15BrN2O6/c1-5-2-8(18-24-5)17-9(19)4-22-14(20)10-6-3-7-11(10)15(21)23-13(7)12(6)16/h2,6-7,10-13H,3-4H2,1H3,(H,17,18,19)/t6-,7-,10-,11+,12+,13+/m1/s1. The molecule has 2 aliphatic carbocycles. The molecule has 6 atom stereocenters. The highest BCUT2D eigenvalue weighted by Gasteiger charge is 2.68. The molecule has 9 heteroatoms. The molecule has 3 aliphatic rings. The smallest absolute Gasteiger partial charge is 0.310 e. The van der Waals surface area contributed by atoms with Crippen LogP contribution < -0.4 is 5.32 Å². The molecular weight excluding hydrogens is 384 g/mol. The normalized spacial score (nSPS) is 35.8. The number of ether oxygens (including phenoxy) is 2. The van der Waals surface area contributed by atoms with Crippen molar-refractivity contribution < 1.29 is 28.4 Å². The molecule has 1 aromatic rings. The summed E-state index contributed by atoms with van der Waals surface area (Å²) in [5.74, 6) is -1.48. The first-order valence-electron chi connectivity index (χ1n) is 7.70.